The molecule has 0 radical (unpaired) electrons. The molecule has 0 bridgehead atoms. The molecule has 0 aliphatic heterocycles. The zero-order chi connectivity index (χ0) is 17.1. The molecular weight excluding hydrogens is 332 g/mol. The molecule has 0 saturated heterocycles. The Morgan fingerprint density at radius 2 is 1.68 bits per heavy atom. The first-order valence-electron chi connectivity index (χ1n) is 7.80. The molecule has 0 fully saturated rings. The lowest BCUT2D eigenvalue weighted by Gasteiger charge is -2.06. The van der Waals surface area contributed by atoms with Gasteiger partial charge in [0.05, 0.1) is 11.4 Å². The van der Waals surface area contributed by atoms with Crippen LogP contribution in [0.25, 0.3) is 16.5 Å². The average Bonchev–Trinajstić information content (AvgIpc) is 3.15. The molecule has 5 nitrogen and oxygen atoms in total. The Kier molecular flexibility index (Phi) is 4.26. The van der Waals surface area contributed by atoms with Crippen molar-refractivity contribution >= 4 is 28.3 Å². The van der Waals surface area contributed by atoms with E-state index in [2.05, 4.69) is 15.5 Å². The van der Waals surface area contributed by atoms with Gasteiger partial charge in [-0.05, 0) is 33.3 Å². The maximum atomic E-state index is 12.7. The predicted molar refractivity (Wildman–Crippen MR) is 98.2 cm³/mol. The number of carbonyl (C=O) groups excluding carboxylic acids is 1. The standard InChI is InChI=1S/C19H14N4OS/c24-18(17-12-6-8-14-7-4-5-11-16(14)17)13-25-19-20-21-22-23(19)15-9-2-1-3-10-15/h1-12H,13H2. The van der Waals surface area contributed by atoms with Crippen LogP contribution in [0.2, 0.25) is 0 Å². The fourth-order valence-electron chi connectivity index (χ4n) is 2.68. The van der Waals surface area contributed by atoms with Crippen LogP contribution in [0.1, 0.15) is 10.4 Å². The Balaban J connectivity index is 1.56. The Bertz CT molecular complexity index is 1020. The van der Waals surface area contributed by atoms with Crippen LogP contribution in [0.5, 0.6) is 0 Å². The van der Waals surface area contributed by atoms with Crippen LogP contribution in [-0.2, 0) is 0 Å². The van der Waals surface area contributed by atoms with Crippen LogP contribution in [0.3, 0.4) is 0 Å². The highest BCUT2D eigenvalue weighted by Crippen LogP contribution is 2.23. The van der Waals surface area contributed by atoms with Crippen LogP contribution in [0, 0.1) is 0 Å². The molecule has 4 aromatic rings. The number of hydrogen-bond acceptors (Lipinski definition) is 5. The van der Waals surface area contributed by atoms with Gasteiger partial charge in [-0.25, -0.2) is 0 Å². The second-order valence-electron chi connectivity index (χ2n) is 5.45. The zero-order valence-electron chi connectivity index (χ0n) is 13.2. The van der Waals surface area contributed by atoms with Crippen molar-refractivity contribution in [3.63, 3.8) is 0 Å². The number of ketones is 1. The van der Waals surface area contributed by atoms with Gasteiger partial charge in [0.1, 0.15) is 0 Å². The quantitative estimate of drug-likeness (QED) is 0.406. The van der Waals surface area contributed by atoms with E-state index < -0.39 is 0 Å². The molecule has 6 heteroatoms. The monoisotopic (exact) mass is 346 g/mol. The van der Waals surface area contributed by atoms with Gasteiger partial charge in [0, 0.05) is 5.56 Å². The maximum absolute atomic E-state index is 12.7. The smallest absolute Gasteiger partial charge is 0.214 e. The zero-order valence-corrected chi connectivity index (χ0v) is 14.1. The molecular formula is C19H14N4OS. The number of thioether (sulfide) groups is 1. The van der Waals surface area contributed by atoms with Gasteiger partial charge in [-0.2, -0.15) is 4.68 Å². The number of rotatable bonds is 5. The summed E-state index contributed by atoms with van der Waals surface area (Å²) >= 11 is 1.34. The van der Waals surface area contributed by atoms with Crippen molar-refractivity contribution in [1.29, 1.82) is 0 Å². The second-order valence-corrected chi connectivity index (χ2v) is 6.39. The Morgan fingerprint density at radius 3 is 2.56 bits per heavy atom. The van der Waals surface area contributed by atoms with Crippen molar-refractivity contribution in [2.45, 2.75) is 5.16 Å². The van der Waals surface area contributed by atoms with E-state index in [1.54, 1.807) is 4.68 Å². The molecule has 0 unspecified atom stereocenters. The third-order valence-corrected chi connectivity index (χ3v) is 4.78. The Labute approximate surface area is 148 Å². The summed E-state index contributed by atoms with van der Waals surface area (Å²) < 4.78 is 1.64. The van der Waals surface area contributed by atoms with Crippen LogP contribution in [0.15, 0.2) is 78.0 Å². The molecule has 1 aromatic heterocycles. The van der Waals surface area contributed by atoms with E-state index in [1.165, 1.54) is 11.8 Å². The van der Waals surface area contributed by atoms with Crippen molar-refractivity contribution in [2.24, 2.45) is 0 Å². The van der Waals surface area contributed by atoms with Gasteiger partial charge in [0.15, 0.2) is 5.78 Å². The first kappa shape index (κ1) is 15.5. The summed E-state index contributed by atoms with van der Waals surface area (Å²) in [6.45, 7) is 0. The van der Waals surface area contributed by atoms with Crippen LogP contribution in [-0.4, -0.2) is 31.7 Å². The molecule has 0 saturated carbocycles. The first-order valence-corrected chi connectivity index (χ1v) is 8.79. The lowest BCUT2D eigenvalue weighted by Crippen LogP contribution is -2.05. The molecule has 3 aromatic carbocycles. The van der Waals surface area contributed by atoms with E-state index in [4.69, 9.17) is 0 Å². The van der Waals surface area contributed by atoms with E-state index >= 15 is 0 Å². The van der Waals surface area contributed by atoms with Crippen molar-refractivity contribution in [2.75, 3.05) is 5.75 Å². The van der Waals surface area contributed by atoms with Gasteiger partial charge >= 0.3 is 0 Å². The summed E-state index contributed by atoms with van der Waals surface area (Å²) in [5.74, 6) is 0.339. The van der Waals surface area contributed by atoms with Crippen molar-refractivity contribution in [3.05, 3.63) is 78.4 Å². The van der Waals surface area contributed by atoms with E-state index in [0.717, 1.165) is 22.0 Å². The summed E-state index contributed by atoms with van der Waals surface area (Å²) in [4.78, 5) is 12.7. The lowest BCUT2D eigenvalue weighted by molar-refractivity contribution is 0.102. The minimum absolute atomic E-state index is 0.0596. The minimum atomic E-state index is 0.0596. The van der Waals surface area contributed by atoms with E-state index in [0.29, 0.717) is 5.16 Å². The van der Waals surface area contributed by atoms with Gasteiger partial charge in [0.2, 0.25) is 5.16 Å². The summed E-state index contributed by atoms with van der Waals surface area (Å²) in [5, 5.41) is 14.4. The van der Waals surface area contributed by atoms with Crippen molar-refractivity contribution < 1.29 is 4.79 Å². The fourth-order valence-corrected chi connectivity index (χ4v) is 3.45. The molecule has 0 amide bonds. The Hall–Kier alpha value is -2.99. The van der Waals surface area contributed by atoms with Crippen molar-refractivity contribution in [1.82, 2.24) is 20.2 Å². The molecule has 122 valence electrons. The summed E-state index contributed by atoms with van der Waals surface area (Å²) in [6, 6.07) is 23.3. The maximum Gasteiger partial charge on any atom is 0.214 e. The number of nitrogens with zero attached hydrogens (tertiary/aromatic N) is 4. The number of benzene rings is 3. The number of hydrogen-bond donors (Lipinski definition) is 0. The van der Waals surface area contributed by atoms with Gasteiger partial charge in [-0.15, -0.1) is 5.10 Å². The third kappa shape index (κ3) is 3.16. The first-order chi connectivity index (χ1) is 12.3. The van der Waals surface area contributed by atoms with E-state index in [1.807, 2.05) is 72.8 Å². The molecule has 0 aliphatic rings. The summed E-state index contributed by atoms with van der Waals surface area (Å²) in [5.41, 5.74) is 1.59. The molecule has 0 spiro atoms. The summed E-state index contributed by atoms with van der Waals surface area (Å²) in [7, 11) is 0. The minimum Gasteiger partial charge on any atom is -0.293 e. The molecule has 25 heavy (non-hydrogen) atoms. The number of carbonyl (C=O) groups is 1. The normalized spacial score (nSPS) is 10.9. The largest absolute Gasteiger partial charge is 0.293 e. The number of aromatic nitrogens is 4. The molecule has 0 aliphatic carbocycles. The number of Topliss-reactive ketones (excluding diaryl/α,β-unsaturated/α-hetero) is 1. The topological polar surface area (TPSA) is 60.7 Å². The van der Waals surface area contributed by atoms with Gasteiger partial charge in [-0.1, -0.05) is 72.4 Å². The highest BCUT2D eigenvalue weighted by atomic mass is 32.2. The lowest BCUT2D eigenvalue weighted by atomic mass is 10.0. The fraction of sp³-hybridized carbons (Fsp3) is 0.0526. The second kappa shape index (κ2) is 6.86. The third-order valence-electron chi connectivity index (χ3n) is 3.86. The van der Waals surface area contributed by atoms with E-state index in [-0.39, 0.29) is 11.5 Å². The highest BCUT2D eigenvalue weighted by molar-refractivity contribution is 7.99. The van der Waals surface area contributed by atoms with Crippen molar-refractivity contribution in [3.8, 4) is 5.69 Å². The van der Waals surface area contributed by atoms with Crippen LogP contribution >= 0.6 is 11.8 Å². The Morgan fingerprint density at radius 1 is 0.920 bits per heavy atom. The molecule has 4 rings (SSSR count). The summed E-state index contributed by atoms with van der Waals surface area (Å²) in [6.07, 6.45) is 0. The van der Waals surface area contributed by atoms with Gasteiger partial charge < -0.3 is 0 Å². The van der Waals surface area contributed by atoms with Gasteiger partial charge in [-0.3, -0.25) is 4.79 Å². The van der Waals surface area contributed by atoms with Crippen LogP contribution in [0.4, 0.5) is 0 Å². The van der Waals surface area contributed by atoms with E-state index in [9.17, 15) is 4.79 Å². The molecule has 1 heterocycles. The molecule has 0 atom stereocenters. The predicted octanol–water partition coefficient (Wildman–Crippen LogP) is 3.79. The average molecular weight is 346 g/mol. The molecule has 0 N–H and O–H groups in total. The highest BCUT2D eigenvalue weighted by Gasteiger charge is 2.14. The van der Waals surface area contributed by atoms with Crippen LogP contribution < -0.4 is 0 Å². The number of fused-ring (bicyclic) bond motifs is 1. The number of tetrazole rings is 1. The number of para-hydroxylation sites is 1. The SMILES string of the molecule is O=C(CSc1nnnn1-c1ccccc1)c1cccc2ccccc12. The van der Waals surface area contributed by atoms with Gasteiger partial charge in [0.25, 0.3) is 0 Å².